The van der Waals surface area contributed by atoms with Crippen LogP contribution < -0.4 is 9.64 Å². The van der Waals surface area contributed by atoms with Gasteiger partial charge in [-0.15, -0.1) is 0 Å². The SMILES string of the molecule is CC(C)Oc1ccc2c(c1)C(=O)N(c1ccc3c(c1)CCC3)C2. The molecule has 0 saturated heterocycles. The Morgan fingerprint density at radius 3 is 2.61 bits per heavy atom. The summed E-state index contributed by atoms with van der Waals surface area (Å²) >= 11 is 0. The van der Waals surface area contributed by atoms with E-state index in [-0.39, 0.29) is 12.0 Å². The van der Waals surface area contributed by atoms with Crippen LogP contribution in [0.3, 0.4) is 0 Å². The first-order valence-electron chi connectivity index (χ1n) is 8.35. The molecule has 0 aromatic heterocycles. The Balaban J connectivity index is 1.64. The van der Waals surface area contributed by atoms with Crippen LogP contribution in [0.1, 0.15) is 47.3 Å². The van der Waals surface area contributed by atoms with Crippen molar-refractivity contribution < 1.29 is 9.53 Å². The zero-order chi connectivity index (χ0) is 16.0. The third-order valence-electron chi connectivity index (χ3n) is 4.65. The van der Waals surface area contributed by atoms with Crippen molar-refractivity contribution >= 4 is 11.6 Å². The van der Waals surface area contributed by atoms with Crippen molar-refractivity contribution in [2.75, 3.05) is 4.90 Å². The molecule has 0 unspecified atom stereocenters. The highest BCUT2D eigenvalue weighted by molar-refractivity contribution is 6.10. The summed E-state index contributed by atoms with van der Waals surface area (Å²) in [7, 11) is 0. The van der Waals surface area contributed by atoms with Gasteiger partial charge in [0.25, 0.3) is 5.91 Å². The molecule has 118 valence electrons. The molecular weight excluding hydrogens is 286 g/mol. The van der Waals surface area contributed by atoms with Gasteiger partial charge in [0.05, 0.1) is 12.6 Å². The third kappa shape index (κ3) is 2.50. The summed E-state index contributed by atoms with van der Waals surface area (Å²) < 4.78 is 5.72. The highest BCUT2D eigenvalue weighted by Gasteiger charge is 2.29. The summed E-state index contributed by atoms with van der Waals surface area (Å²) in [5.74, 6) is 0.843. The van der Waals surface area contributed by atoms with Gasteiger partial charge in [-0.3, -0.25) is 4.79 Å². The smallest absolute Gasteiger partial charge is 0.259 e. The Morgan fingerprint density at radius 2 is 1.78 bits per heavy atom. The number of carbonyl (C=O) groups excluding carboxylic acids is 1. The number of ether oxygens (including phenoxy) is 1. The minimum Gasteiger partial charge on any atom is -0.491 e. The molecule has 4 rings (SSSR count). The van der Waals surface area contributed by atoms with Crippen LogP contribution in [0.5, 0.6) is 5.75 Å². The van der Waals surface area contributed by atoms with Crippen LogP contribution in [0.15, 0.2) is 36.4 Å². The summed E-state index contributed by atoms with van der Waals surface area (Å²) in [6.45, 7) is 4.63. The summed E-state index contributed by atoms with van der Waals surface area (Å²) in [5.41, 5.74) is 5.69. The average Bonchev–Trinajstić information content (AvgIpc) is 3.11. The zero-order valence-electron chi connectivity index (χ0n) is 13.6. The van der Waals surface area contributed by atoms with Gasteiger partial charge in [-0.1, -0.05) is 12.1 Å². The number of anilines is 1. The van der Waals surface area contributed by atoms with Crippen molar-refractivity contribution in [1.29, 1.82) is 0 Å². The fraction of sp³-hybridized carbons (Fsp3) is 0.350. The van der Waals surface area contributed by atoms with Gasteiger partial charge in [0.1, 0.15) is 5.75 Å². The molecule has 3 nitrogen and oxygen atoms in total. The fourth-order valence-corrected chi connectivity index (χ4v) is 3.56. The standard InChI is InChI=1S/C20H21NO2/c1-13(2)23-18-9-7-16-12-21(20(22)19(16)11-18)17-8-6-14-4-3-5-15(14)10-17/h6-11,13H,3-5,12H2,1-2H3. The second kappa shape index (κ2) is 5.41. The molecule has 0 saturated carbocycles. The fourth-order valence-electron chi connectivity index (χ4n) is 3.56. The van der Waals surface area contributed by atoms with E-state index in [4.69, 9.17) is 4.74 Å². The highest BCUT2D eigenvalue weighted by Crippen LogP contribution is 2.33. The number of rotatable bonds is 3. The maximum Gasteiger partial charge on any atom is 0.259 e. The van der Waals surface area contributed by atoms with E-state index in [1.165, 1.54) is 24.0 Å². The van der Waals surface area contributed by atoms with Gasteiger partial charge in [0, 0.05) is 11.3 Å². The summed E-state index contributed by atoms with van der Waals surface area (Å²) in [5, 5.41) is 0. The van der Waals surface area contributed by atoms with Gasteiger partial charge in [0.15, 0.2) is 0 Å². The topological polar surface area (TPSA) is 29.5 Å². The lowest BCUT2D eigenvalue weighted by Gasteiger charge is -2.17. The Kier molecular flexibility index (Phi) is 3.37. The molecule has 2 aromatic rings. The minimum atomic E-state index is 0.0761. The minimum absolute atomic E-state index is 0.0761. The van der Waals surface area contributed by atoms with E-state index in [9.17, 15) is 4.79 Å². The molecule has 3 heteroatoms. The molecule has 0 atom stereocenters. The molecule has 23 heavy (non-hydrogen) atoms. The van der Waals surface area contributed by atoms with Gasteiger partial charge in [-0.05, 0) is 74.1 Å². The number of hydrogen-bond acceptors (Lipinski definition) is 2. The number of benzene rings is 2. The number of hydrogen-bond donors (Lipinski definition) is 0. The normalized spacial score (nSPS) is 16.0. The summed E-state index contributed by atoms with van der Waals surface area (Å²) in [4.78, 5) is 14.7. The van der Waals surface area contributed by atoms with Gasteiger partial charge in [-0.2, -0.15) is 0 Å². The molecule has 1 aliphatic heterocycles. The van der Waals surface area contributed by atoms with Crippen molar-refractivity contribution in [1.82, 2.24) is 0 Å². The van der Waals surface area contributed by atoms with Gasteiger partial charge in [-0.25, -0.2) is 0 Å². The Morgan fingerprint density at radius 1 is 1.00 bits per heavy atom. The Labute approximate surface area is 136 Å². The van der Waals surface area contributed by atoms with E-state index in [1.807, 2.05) is 36.9 Å². The van der Waals surface area contributed by atoms with Crippen molar-refractivity contribution in [3.8, 4) is 5.75 Å². The number of amides is 1. The lowest BCUT2D eigenvalue weighted by atomic mass is 10.1. The molecule has 0 spiro atoms. The Bertz CT molecular complexity index is 779. The molecule has 2 aliphatic rings. The van der Waals surface area contributed by atoms with Crippen LogP contribution in [0.25, 0.3) is 0 Å². The molecule has 2 aromatic carbocycles. The molecule has 1 amide bonds. The van der Waals surface area contributed by atoms with E-state index in [0.29, 0.717) is 6.54 Å². The van der Waals surface area contributed by atoms with E-state index in [0.717, 1.165) is 29.0 Å². The van der Waals surface area contributed by atoms with Crippen molar-refractivity contribution in [2.45, 2.75) is 45.8 Å². The third-order valence-corrected chi connectivity index (χ3v) is 4.65. The first-order chi connectivity index (χ1) is 11.1. The molecule has 0 fully saturated rings. The molecule has 1 heterocycles. The lowest BCUT2D eigenvalue weighted by molar-refractivity contribution is 0.0996. The summed E-state index contributed by atoms with van der Waals surface area (Å²) in [6.07, 6.45) is 3.63. The number of fused-ring (bicyclic) bond motifs is 2. The van der Waals surface area contributed by atoms with Crippen LogP contribution in [-0.4, -0.2) is 12.0 Å². The van der Waals surface area contributed by atoms with Crippen LogP contribution in [0, 0.1) is 0 Å². The molecule has 0 N–H and O–H groups in total. The van der Waals surface area contributed by atoms with E-state index >= 15 is 0 Å². The molecular formula is C20H21NO2. The maximum atomic E-state index is 12.8. The average molecular weight is 307 g/mol. The molecule has 1 aliphatic carbocycles. The Hall–Kier alpha value is -2.29. The second-order valence-corrected chi connectivity index (χ2v) is 6.68. The van der Waals surface area contributed by atoms with Crippen LogP contribution >= 0.6 is 0 Å². The molecule has 0 radical (unpaired) electrons. The predicted octanol–water partition coefficient (Wildman–Crippen LogP) is 4.12. The maximum absolute atomic E-state index is 12.8. The van der Waals surface area contributed by atoms with Gasteiger partial charge in [0.2, 0.25) is 0 Å². The first kappa shape index (κ1) is 14.3. The van der Waals surface area contributed by atoms with E-state index < -0.39 is 0 Å². The van der Waals surface area contributed by atoms with Crippen molar-refractivity contribution in [3.63, 3.8) is 0 Å². The van der Waals surface area contributed by atoms with Crippen LogP contribution in [0.2, 0.25) is 0 Å². The number of carbonyl (C=O) groups is 1. The lowest BCUT2D eigenvalue weighted by Crippen LogP contribution is -2.23. The largest absolute Gasteiger partial charge is 0.491 e. The van der Waals surface area contributed by atoms with Gasteiger partial charge >= 0.3 is 0 Å². The van der Waals surface area contributed by atoms with Crippen molar-refractivity contribution in [2.24, 2.45) is 0 Å². The summed E-state index contributed by atoms with van der Waals surface area (Å²) in [6, 6.07) is 12.3. The first-order valence-corrected chi connectivity index (χ1v) is 8.35. The second-order valence-electron chi connectivity index (χ2n) is 6.68. The predicted molar refractivity (Wildman–Crippen MR) is 91.2 cm³/mol. The monoisotopic (exact) mass is 307 g/mol. The molecule has 0 bridgehead atoms. The highest BCUT2D eigenvalue weighted by atomic mass is 16.5. The van der Waals surface area contributed by atoms with Crippen LogP contribution in [0.4, 0.5) is 5.69 Å². The van der Waals surface area contributed by atoms with Crippen molar-refractivity contribution in [3.05, 3.63) is 58.7 Å². The van der Waals surface area contributed by atoms with Gasteiger partial charge < -0.3 is 9.64 Å². The number of nitrogens with zero attached hydrogens (tertiary/aromatic N) is 1. The zero-order valence-corrected chi connectivity index (χ0v) is 13.6. The van der Waals surface area contributed by atoms with E-state index in [2.05, 4.69) is 18.2 Å². The number of aryl methyl sites for hydroxylation is 2. The quantitative estimate of drug-likeness (QED) is 0.853. The van der Waals surface area contributed by atoms with E-state index in [1.54, 1.807) is 0 Å². The van der Waals surface area contributed by atoms with Crippen LogP contribution in [-0.2, 0) is 19.4 Å².